The predicted octanol–water partition coefficient (Wildman–Crippen LogP) is 2.08. The molecule has 0 bridgehead atoms. The molecule has 18 heavy (non-hydrogen) atoms. The van der Waals surface area contributed by atoms with E-state index in [2.05, 4.69) is 5.32 Å². The van der Waals surface area contributed by atoms with Crippen molar-refractivity contribution < 1.29 is 22.4 Å². The summed E-state index contributed by atoms with van der Waals surface area (Å²) >= 11 is 0. The van der Waals surface area contributed by atoms with Gasteiger partial charge in [-0.3, -0.25) is 4.79 Å². The van der Waals surface area contributed by atoms with Crippen LogP contribution < -0.4 is 11.1 Å². The highest BCUT2D eigenvalue weighted by atomic mass is 19.3. The van der Waals surface area contributed by atoms with Crippen LogP contribution in [-0.2, 0) is 11.2 Å². The monoisotopic (exact) mass is 262 g/mol. The van der Waals surface area contributed by atoms with Gasteiger partial charge in [0.1, 0.15) is 6.04 Å². The summed E-state index contributed by atoms with van der Waals surface area (Å²) in [6.45, 7) is 0. The molecule has 1 aliphatic heterocycles. The van der Waals surface area contributed by atoms with Gasteiger partial charge in [-0.05, 0) is 17.2 Å². The van der Waals surface area contributed by atoms with Crippen LogP contribution in [0.1, 0.15) is 17.2 Å². The fraction of sp³-hybridized carbons (Fsp3) is 0.364. The number of carbonyl (C=O) groups is 1. The van der Waals surface area contributed by atoms with Gasteiger partial charge in [0.15, 0.2) is 0 Å². The van der Waals surface area contributed by atoms with E-state index in [1.165, 1.54) is 18.2 Å². The zero-order valence-electron chi connectivity index (χ0n) is 9.09. The molecule has 0 spiro atoms. The number of amides is 1. The number of alkyl halides is 4. The van der Waals surface area contributed by atoms with Crippen LogP contribution >= 0.6 is 0 Å². The lowest BCUT2D eigenvalue weighted by molar-refractivity contribution is -0.144. The quantitative estimate of drug-likeness (QED) is 0.819. The Labute approximate surface area is 100.0 Å². The molecule has 0 aliphatic carbocycles. The summed E-state index contributed by atoms with van der Waals surface area (Å²) < 4.78 is 50.6. The standard InChI is InChI=1S/C11H10F4N2O/c12-10(13)11(14,15)9(16)5-1-2-7-6(3-5)4-8(18)17-7/h1-3,9-10H,4,16H2,(H,17,18). The lowest BCUT2D eigenvalue weighted by atomic mass is 9.98. The second kappa shape index (κ2) is 4.24. The van der Waals surface area contributed by atoms with Crippen LogP contribution in [0.25, 0.3) is 0 Å². The largest absolute Gasteiger partial charge is 0.326 e. The predicted molar refractivity (Wildman–Crippen MR) is 56.7 cm³/mol. The number of rotatable bonds is 3. The Morgan fingerprint density at radius 2 is 2.00 bits per heavy atom. The van der Waals surface area contributed by atoms with Gasteiger partial charge in [0.25, 0.3) is 0 Å². The third-order valence-electron chi connectivity index (χ3n) is 2.82. The summed E-state index contributed by atoms with van der Waals surface area (Å²) in [6, 6.07) is 1.76. The maximum Gasteiger partial charge on any atom is 0.326 e. The zero-order valence-corrected chi connectivity index (χ0v) is 9.09. The highest BCUT2D eigenvalue weighted by Gasteiger charge is 2.47. The SMILES string of the molecule is NC(c1ccc2c(c1)CC(=O)N2)C(F)(F)C(F)F. The Hall–Kier alpha value is -1.63. The number of hydrogen-bond donors (Lipinski definition) is 2. The molecule has 1 atom stereocenters. The lowest BCUT2D eigenvalue weighted by Gasteiger charge is -2.23. The van der Waals surface area contributed by atoms with E-state index in [4.69, 9.17) is 5.73 Å². The molecule has 0 radical (unpaired) electrons. The minimum atomic E-state index is -4.30. The minimum absolute atomic E-state index is 0.0378. The number of nitrogens with one attached hydrogen (secondary N) is 1. The van der Waals surface area contributed by atoms with E-state index in [1.54, 1.807) is 0 Å². The number of hydrogen-bond acceptors (Lipinski definition) is 2. The molecule has 0 saturated carbocycles. The van der Waals surface area contributed by atoms with Crippen molar-refractivity contribution in [3.8, 4) is 0 Å². The summed E-state index contributed by atoms with van der Waals surface area (Å²) in [6.07, 6.45) is -3.80. The van der Waals surface area contributed by atoms with Crippen molar-refractivity contribution in [3.05, 3.63) is 29.3 Å². The second-order valence-electron chi connectivity index (χ2n) is 4.09. The highest BCUT2D eigenvalue weighted by Crippen LogP contribution is 2.36. The molecule has 1 aromatic rings. The van der Waals surface area contributed by atoms with Gasteiger partial charge in [0, 0.05) is 5.69 Å². The fourth-order valence-corrected chi connectivity index (χ4v) is 1.80. The molecule has 1 aromatic carbocycles. The van der Waals surface area contributed by atoms with E-state index < -0.39 is 18.4 Å². The lowest BCUT2D eigenvalue weighted by Crippen LogP contribution is -2.39. The highest BCUT2D eigenvalue weighted by molar-refractivity contribution is 5.99. The van der Waals surface area contributed by atoms with Gasteiger partial charge in [-0.1, -0.05) is 12.1 Å². The van der Waals surface area contributed by atoms with Crippen LogP contribution in [0.5, 0.6) is 0 Å². The third-order valence-corrected chi connectivity index (χ3v) is 2.82. The first-order valence-electron chi connectivity index (χ1n) is 5.16. The zero-order chi connectivity index (χ0) is 13.5. The number of fused-ring (bicyclic) bond motifs is 1. The molecule has 3 nitrogen and oxygen atoms in total. The van der Waals surface area contributed by atoms with Crippen molar-refractivity contribution in [2.45, 2.75) is 24.8 Å². The maximum absolute atomic E-state index is 13.1. The molecule has 7 heteroatoms. The molecule has 1 unspecified atom stereocenters. The Morgan fingerprint density at radius 1 is 1.33 bits per heavy atom. The van der Waals surface area contributed by atoms with E-state index in [-0.39, 0.29) is 17.9 Å². The van der Waals surface area contributed by atoms with Crippen molar-refractivity contribution in [1.82, 2.24) is 0 Å². The number of nitrogens with two attached hydrogens (primary N) is 1. The van der Waals surface area contributed by atoms with Crippen LogP contribution in [0.4, 0.5) is 23.2 Å². The van der Waals surface area contributed by atoms with Gasteiger partial charge in [0.2, 0.25) is 5.91 Å². The number of anilines is 1. The molecule has 0 fully saturated rings. The molecule has 1 aliphatic rings. The van der Waals surface area contributed by atoms with Crippen LogP contribution in [0, 0.1) is 0 Å². The Bertz CT molecular complexity index is 490. The first-order valence-corrected chi connectivity index (χ1v) is 5.16. The van der Waals surface area contributed by atoms with E-state index >= 15 is 0 Å². The van der Waals surface area contributed by atoms with Crippen molar-refractivity contribution in [3.63, 3.8) is 0 Å². The fourth-order valence-electron chi connectivity index (χ4n) is 1.80. The minimum Gasteiger partial charge on any atom is -0.326 e. The molecule has 1 heterocycles. The molecule has 0 aromatic heterocycles. The number of benzene rings is 1. The molecule has 2 rings (SSSR count). The second-order valence-corrected chi connectivity index (χ2v) is 4.09. The topological polar surface area (TPSA) is 55.1 Å². The Balaban J connectivity index is 2.31. The van der Waals surface area contributed by atoms with Crippen molar-refractivity contribution in [2.75, 3.05) is 5.32 Å². The van der Waals surface area contributed by atoms with Gasteiger partial charge in [0.05, 0.1) is 6.42 Å². The van der Waals surface area contributed by atoms with Crippen LogP contribution in [0.15, 0.2) is 18.2 Å². The normalized spacial score (nSPS) is 16.7. The summed E-state index contributed by atoms with van der Waals surface area (Å²) in [5.41, 5.74) is 6.03. The molecule has 0 saturated heterocycles. The summed E-state index contributed by atoms with van der Waals surface area (Å²) in [7, 11) is 0. The molecule has 98 valence electrons. The molecular formula is C11H10F4N2O. The van der Waals surface area contributed by atoms with E-state index in [9.17, 15) is 22.4 Å². The van der Waals surface area contributed by atoms with Gasteiger partial charge >= 0.3 is 12.3 Å². The van der Waals surface area contributed by atoms with E-state index in [0.29, 0.717) is 11.3 Å². The average Bonchev–Trinajstić information content (AvgIpc) is 2.66. The Morgan fingerprint density at radius 3 is 2.61 bits per heavy atom. The van der Waals surface area contributed by atoms with E-state index in [1.807, 2.05) is 0 Å². The summed E-state index contributed by atoms with van der Waals surface area (Å²) in [4.78, 5) is 11.1. The van der Waals surface area contributed by atoms with Crippen LogP contribution in [-0.4, -0.2) is 18.3 Å². The van der Waals surface area contributed by atoms with Gasteiger partial charge in [-0.25, -0.2) is 8.78 Å². The molecular weight excluding hydrogens is 252 g/mol. The number of carbonyl (C=O) groups excluding carboxylic acids is 1. The van der Waals surface area contributed by atoms with E-state index in [0.717, 1.165) is 0 Å². The smallest absolute Gasteiger partial charge is 0.326 e. The molecule has 3 N–H and O–H groups in total. The first kappa shape index (κ1) is 12.8. The van der Waals surface area contributed by atoms with Crippen LogP contribution in [0.3, 0.4) is 0 Å². The third kappa shape index (κ3) is 2.05. The number of halogens is 4. The Kier molecular flexibility index (Phi) is 3.02. The summed E-state index contributed by atoms with van der Waals surface area (Å²) in [5, 5.41) is 2.51. The summed E-state index contributed by atoms with van der Waals surface area (Å²) in [5.74, 6) is -4.57. The van der Waals surface area contributed by atoms with Gasteiger partial charge in [-0.15, -0.1) is 0 Å². The van der Waals surface area contributed by atoms with Crippen molar-refractivity contribution in [1.29, 1.82) is 0 Å². The maximum atomic E-state index is 13.1. The van der Waals surface area contributed by atoms with Gasteiger partial charge < -0.3 is 11.1 Å². The first-order chi connectivity index (χ1) is 8.32. The molecule has 1 amide bonds. The average molecular weight is 262 g/mol. The van der Waals surface area contributed by atoms with Crippen molar-refractivity contribution >= 4 is 11.6 Å². The van der Waals surface area contributed by atoms with Crippen molar-refractivity contribution in [2.24, 2.45) is 5.73 Å². The van der Waals surface area contributed by atoms with Crippen LogP contribution in [0.2, 0.25) is 0 Å². The van der Waals surface area contributed by atoms with Gasteiger partial charge in [-0.2, -0.15) is 8.78 Å².